The average molecular weight is 396 g/mol. The summed E-state index contributed by atoms with van der Waals surface area (Å²) in [6, 6.07) is 8.36. The number of thiophene rings is 1. The Morgan fingerprint density at radius 2 is 1.73 bits per heavy atom. The van der Waals surface area contributed by atoms with Crippen LogP contribution >= 0.6 is 11.3 Å². The largest absolute Gasteiger partial charge is 0.347 e. The maximum atomic E-state index is 12.4. The molecule has 0 bridgehead atoms. The van der Waals surface area contributed by atoms with Crippen molar-refractivity contribution in [2.45, 2.75) is 37.8 Å². The van der Waals surface area contributed by atoms with Crippen LogP contribution in [0.25, 0.3) is 0 Å². The second kappa shape index (κ2) is 8.43. The number of carbonyl (C=O) groups is 2. The maximum absolute atomic E-state index is 12.4. The Balaban J connectivity index is 2.00. The maximum Gasteiger partial charge on any atom is 0.241 e. The fourth-order valence-corrected chi connectivity index (χ4v) is 4.16. The first-order valence-electron chi connectivity index (χ1n) is 7.93. The van der Waals surface area contributed by atoms with Crippen LogP contribution in [-0.4, -0.2) is 26.3 Å². The molecule has 2 amide bonds. The normalized spacial score (nSPS) is 13.7. The van der Waals surface area contributed by atoms with Crippen LogP contribution in [0.4, 0.5) is 5.69 Å². The molecular formula is C17H21N3O4S2. The molecule has 1 aromatic heterocycles. The van der Waals surface area contributed by atoms with Crippen molar-refractivity contribution < 1.29 is 18.0 Å². The lowest BCUT2D eigenvalue weighted by atomic mass is 10.2. The van der Waals surface area contributed by atoms with Crippen molar-refractivity contribution >= 4 is 38.9 Å². The molecule has 0 spiro atoms. The zero-order valence-corrected chi connectivity index (χ0v) is 16.3. The van der Waals surface area contributed by atoms with Gasteiger partial charge < -0.3 is 10.6 Å². The lowest BCUT2D eigenvalue weighted by Crippen LogP contribution is -2.45. The number of amides is 2. The molecule has 140 valence electrons. The summed E-state index contributed by atoms with van der Waals surface area (Å²) >= 11 is 1.52. The van der Waals surface area contributed by atoms with Crippen molar-refractivity contribution in [1.29, 1.82) is 0 Å². The quantitative estimate of drug-likeness (QED) is 0.669. The van der Waals surface area contributed by atoms with Crippen molar-refractivity contribution in [3.05, 3.63) is 46.7 Å². The van der Waals surface area contributed by atoms with Gasteiger partial charge in [-0.15, -0.1) is 11.3 Å². The first kappa shape index (κ1) is 20.1. The van der Waals surface area contributed by atoms with E-state index in [1.807, 2.05) is 24.4 Å². The lowest BCUT2D eigenvalue weighted by Gasteiger charge is -2.18. The summed E-state index contributed by atoms with van der Waals surface area (Å²) in [6.07, 6.45) is 0. The molecule has 26 heavy (non-hydrogen) atoms. The van der Waals surface area contributed by atoms with Gasteiger partial charge in [-0.1, -0.05) is 6.07 Å². The molecule has 0 aliphatic heterocycles. The number of benzene rings is 1. The van der Waals surface area contributed by atoms with Crippen LogP contribution in [0.15, 0.2) is 46.7 Å². The lowest BCUT2D eigenvalue weighted by molar-refractivity contribution is -0.123. The zero-order valence-electron chi connectivity index (χ0n) is 14.6. The van der Waals surface area contributed by atoms with E-state index in [2.05, 4.69) is 15.4 Å². The molecule has 0 radical (unpaired) electrons. The molecule has 3 N–H and O–H groups in total. The third kappa shape index (κ3) is 5.38. The van der Waals surface area contributed by atoms with E-state index in [-0.39, 0.29) is 16.8 Å². The minimum absolute atomic E-state index is 0.0116. The van der Waals surface area contributed by atoms with E-state index in [0.29, 0.717) is 5.69 Å². The number of hydrogen-bond acceptors (Lipinski definition) is 5. The summed E-state index contributed by atoms with van der Waals surface area (Å²) in [5.74, 6) is -0.659. The molecule has 9 heteroatoms. The van der Waals surface area contributed by atoms with Gasteiger partial charge in [0.1, 0.15) is 0 Å². The molecular weight excluding hydrogens is 374 g/mol. The van der Waals surface area contributed by atoms with E-state index >= 15 is 0 Å². The highest BCUT2D eigenvalue weighted by Crippen LogP contribution is 2.18. The van der Waals surface area contributed by atoms with E-state index in [0.717, 1.165) is 4.88 Å². The molecule has 1 aromatic carbocycles. The highest BCUT2D eigenvalue weighted by Gasteiger charge is 2.23. The summed E-state index contributed by atoms with van der Waals surface area (Å²) in [7, 11) is -3.86. The van der Waals surface area contributed by atoms with Gasteiger partial charge in [-0.05, 0) is 49.6 Å². The Bertz CT molecular complexity index is 862. The number of nitrogens with one attached hydrogen (secondary N) is 3. The van der Waals surface area contributed by atoms with Crippen molar-refractivity contribution in [3.8, 4) is 0 Å². The molecule has 0 saturated carbocycles. The Kier molecular flexibility index (Phi) is 6.52. The fraction of sp³-hybridized carbons (Fsp3) is 0.294. The van der Waals surface area contributed by atoms with Crippen LogP contribution in [0, 0.1) is 0 Å². The Morgan fingerprint density at radius 1 is 1.08 bits per heavy atom. The van der Waals surface area contributed by atoms with Gasteiger partial charge in [0.25, 0.3) is 0 Å². The molecule has 7 nitrogen and oxygen atoms in total. The third-order valence-electron chi connectivity index (χ3n) is 3.54. The number of hydrogen-bond donors (Lipinski definition) is 3. The van der Waals surface area contributed by atoms with Gasteiger partial charge in [0.05, 0.1) is 17.0 Å². The SMILES string of the molecule is CC(=O)Nc1ccc(S(=O)(=O)N[C@@H](C)C(=O)NC(C)c2cccs2)cc1. The minimum Gasteiger partial charge on any atom is -0.347 e. The van der Waals surface area contributed by atoms with Crippen molar-refractivity contribution in [2.75, 3.05) is 5.32 Å². The van der Waals surface area contributed by atoms with Gasteiger partial charge in [0, 0.05) is 17.5 Å². The Hall–Kier alpha value is -2.23. The second-order valence-electron chi connectivity index (χ2n) is 5.79. The van der Waals surface area contributed by atoms with Gasteiger partial charge in [0.2, 0.25) is 21.8 Å². The highest BCUT2D eigenvalue weighted by molar-refractivity contribution is 7.89. The smallest absolute Gasteiger partial charge is 0.241 e. The fourth-order valence-electron chi connectivity index (χ4n) is 2.22. The molecule has 0 saturated heterocycles. The molecule has 0 aliphatic carbocycles. The Morgan fingerprint density at radius 3 is 2.27 bits per heavy atom. The van der Waals surface area contributed by atoms with Crippen LogP contribution in [0.2, 0.25) is 0 Å². The van der Waals surface area contributed by atoms with Crippen LogP contribution in [0.3, 0.4) is 0 Å². The van der Waals surface area contributed by atoms with Gasteiger partial charge in [-0.3, -0.25) is 9.59 Å². The predicted octanol–water partition coefficient (Wildman–Crippen LogP) is 2.25. The van der Waals surface area contributed by atoms with Gasteiger partial charge in [-0.2, -0.15) is 4.72 Å². The van der Waals surface area contributed by atoms with Crippen molar-refractivity contribution in [1.82, 2.24) is 10.0 Å². The summed E-state index contributed by atoms with van der Waals surface area (Å²) in [5.41, 5.74) is 0.493. The van der Waals surface area contributed by atoms with E-state index in [4.69, 9.17) is 0 Å². The third-order valence-corrected chi connectivity index (χ3v) is 6.15. The summed E-state index contributed by atoms with van der Waals surface area (Å²) in [5, 5.41) is 7.26. The molecule has 2 rings (SSSR count). The van der Waals surface area contributed by atoms with Gasteiger partial charge >= 0.3 is 0 Å². The standard InChI is InChI=1S/C17H21N3O4S2/c1-11(16-5-4-10-25-16)18-17(22)12(2)20-26(23,24)15-8-6-14(7-9-15)19-13(3)21/h4-12,20H,1-3H3,(H,18,22)(H,19,21)/t11?,12-/m0/s1. The minimum atomic E-state index is -3.86. The van der Waals surface area contributed by atoms with Crippen LogP contribution < -0.4 is 15.4 Å². The number of sulfonamides is 1. The van der Waals surface area contributed by atoms with Crippen molar-refractivity contribution in [3.63, 3.8) is 0 Å². The van der Waals surface area contributed by atoms with Crippen LogP contribution in [0.1, 0.15) is 31.7 Å². The first-order valence-corrected chi connectivity index (χ1v) is 10.3. The molecule has 2 aromatic rings. The molecule has 0 fully saturated rings. The van der Waals surface area contributed by atoms with Gasteiger partial charge in [-0.25, -0.2) is 8.42 Å². The van der Waals surface area contributed by atoms with Crippen LogP contribution in [-0.2, 0) is 19.6 Å². The highest BCUT2D eigenvalue weighted by atomic mass is 32.2. The average Bonchev–Trinajstić information content (AvgIpc) is 3.08. The Labute approximate surface area is 156 Å². The number of carbonyl (C=O) groups excluding carboxylic acids is 2. The topological polar surface area (TPSA) is 104 Å². The van der Waals surface area contributed by atoms with E-state index in [9.17, 15) is 18.0 Å². The monoisotopic (exact) mass is 395 g/mol. The summed E-state index contributed by atoms with van der Waals surface area (Å²) in [4.78, 5) is 24.3. The molecule has 2 atom stereocenters. The predicted molar refractivity (Wildman–Crippen MR) is 101 cm³/mol. The first-order chi connectivity index (χ1) is 12.2. The number of rotatable bonds is 7. The summed E-state index contributed by atoms with van der Waals surface area (Å²) < 4.78 is 27.2. The van der Waals surface area contributed by atoms with Crippen molar-refractivity contribution in [2.24, 2.45) is 0 Å². The molecule has 1 unspecified atom stereocenters. The number of anilines is 1. The van der Waals surface area contributed by atoms with E-state index < -0.39 is 22.0 Å². The van der Waals surface area contributed by atoms with Gasteiger partial charge in [0.15, 0.2) is 0 Å². The zero-order chi connectivity index (χ0) is 19.3. The van der Waals surface area contributed by atoms with E-state index in [1.165, 1.54) is 49.4 Å². The summed E-state index contributed by atoms with van der Waals surface area (Å²) in [6.45, 7) is 4.69. The van der Waals surface area contributed by atoms with E-state index in [1.54, 1.807) is 0 Å². The van der Waals surface area contributed by atoms with Crippen LogP contribution in [0.5, 0.6) is 0 Å². The molecule has 1 heterocycles. The second-order valence-corrected chi connectivity index (χ2v) is 8.49. The molecule has 0 aliphatic rings.